The van der Waals surface area contributed by atoms with Gasteiger partial charge in [-0.25, -0.2) is 32.9 Å². The number of carbonyl (C=O) groups is 3. The van der Waals surface area contributed by atoms with E-state index in [0.717, 1.165) is 23.5 Å². The van der Waals surface area contributed by atoms with Gasteiger partial charge >= 0.3 is 12.1 Å². The Hall–Kier alpha value is -4.61. The van der Waals surface area contributed by atoms with Crippen molar-refractivity contribution in [1.29, 1.82) is 0 Å². The number of nitrogens with one attached hydrogen (secondary N) is 2. The minimum Gasteiger partial charge on any atom is -0.464 e. The van der Waals surface area contributed by atoms with Crippen LogP contribution < -0.4 is 16.2 Å². The molecule has 0 saturated heterocycles. The molecule has 0 aliphatic heterocycles. The first-order valence-corrected chi connectivity index (χ1v) is 12.1. The molecule has 40 heavy (non-hydrogen) atoms. The molecule has 0 unspecified atom stereocenters. The third-order valence-electron chi connectivity index (χ3n) is 5.58. The van der Waals surface area contributed by atoms with E-state index in [-0.39, 0.29) is 24.1 Å². The molecule has 12 heteroatoms. The van der Waals surface area contributed by atoms with Crippen molar-refractivity contribution < 1.29 is 37.0 Å². The lowest BCUT2D eigenvalue weighted by molar-refractivity contribution is 0.0576. The van der Waals surface area contributed by atoms with Gasteiger partial charge < -0.3 is 14.8 Å². The van der Waals surface area contributed by atoms with E-state index in [2.05, 4.69) is 10.7 Å². The van der Waals surface area contributed by atoms with Crippen LogP contribution in [0.3, 0.4) is 0 Å². The number of methoxy groups -OCH3 is 1. The number of benzene rings is 2. The molecule has 0 spiro atoms. The number of amides is 2. The smallest absolute Gasteiger partial charge is 0.426 e. The second-order valence-corrected chi connectivity index (χ2v) is 9.69. The molecule has 0 aliphatic rings. The van der Waals surface area contributed by atoms with Crippen LogP contribution in [0.4, 0.5) is 18.0 Å². The van der Waals surface area contributed by atoms with Crippen LogP contribution in [-0.4, -0.2) is 35.4 Å². The van der Waals surface area contributed by atoms with Crippen molar-refractivity contribution in [2.75, 3.05) is 12.5 Å². The first-order valence-electron chi connectivity index (χ1n) is 12.1. The first kappa shape index (κ1) is 29.9. The van der Waals surface area contributed by atoms with Crippen molar-refractivity contribution in [1.82, 2.24) is 9.99 Å². The van der Waals surface area contributed by atoms with Gasteiger partial charge in [-0.05, 0) is 39.2 Å². The molecule has 1 heterocycles. The Morgan fingerprint density at radius 1 is 0.950 bits per heavy atom. The summed E-state index contributed by atoms with van der Waals surface area (Å²) in [5.41, 5.74) is -0.324. The highest BCUT2D eigenvalue weighted by atomic mass is 19.1. The zero-order valence-corrected chi connectivity index (χ0v) is 22.3. The largest absolute Gasteiger partial charge is 0.464 e. The molecule has 0 aliphatic carbocycles. The van der Waals surface area contributed by atoms with Crippen molar-refractivity contribution in [2.24, 2.45) is 0 Å². The summed E-state index contributed by atoms with van der Waals surface area (Å²) >= 11 is 0. The summed E-state index contributed by atoms with van der Waals surface area (Å²) in [5.74, 6) is -5.63. The SMILES string of the molecule is COC(=O)c1c(CCc2ccccc2)c(=O)c(C(=O)NCc2c(F)cc(F)cc2F)cn1NC(=O)OC(C)(C)C. The zero-order chi connectivity index (χ0) is 29.6. The van der Waals surface area contributed by atoms with Crippen LogP contribution in [0.25, 0.3) is 0 Å². The first-order chi connectivity index (χ1) is 18.8. The number of pyridine rings is 1. The van der Waals surface area contributed by atoms with Crippen LogP contribution in [0.15, 0.2) is 53.5 Å². The molecule has 2 amide bonds. The van der Waals surface area contributed by atoms with Gasteiger partial charge in [0.2, 0.25) is 0 Å². The van der Waals surface area contributed by atoms with Crippen LogP contribution in [-0.2, 0) is 28.9 Å². The van der Waals surface area contributed by atoms with Gasteiger partial charge in [0, 0.05) is 36.0 Å². The Labute approximate surface area is 227 Å². The van der Waals surface area contributed by atoms with Gasteiger partial charge in [0.25, 0.3) is 5.91 Å². The highest BCUT2D eigenvalue weighted by Crippen LogP contribution is 2.16. The molecular weight excluding hydrogens is 531 g/mol. The number of aromatic nitrogens is 1. The summed E-state index contributed by atoms with van der Waals surface area (Å²) in [6.45, 7) is 4.11. The molecule has 0 radical (unpaired) electrons. The number of ether oxygens (including phenoxy) is 2. The summed E-state index contributed by atoms with van der Waals surface area (Å²) in [7, 11) is 1.08. The predicted molar refractivity (Wildman–Crippen MR) is 139 cm³/mol. The molecule has 2 aromatic carbocycles. The molecule has 0 fully saturated rings. The number of aryl methyl sites for hydroxylation is 1. The number of hydrogen-bond donors (Lipinski definition) is 2. The molecule has 0 saturated carbocycles. The van der Waals surface area contributed by atoms with E-state index in [1.54, 1.807) is 51.1 Å². The van der Waals surface area contributed by atoms with Gasteiger partial charge in [-0.3, -0.25) is 9.59 Å². The number of esters is 1. The van der Waals surface area contributed by atoms with Crippen molar-refractivity contribution in [2.45, 2.75) is 45.8 Å². The summed E-state index contributed by atoms with van der Waals surface area (Å²) in [6.07, 6.45) is 0.129. The standard InChI is InChI=1S/C28H28F3N3O6/c1-28(2,3)40-27(38)33-34-15-20(25(36)32-14-19-21(30)12-17(29)13-22(19)31)24(35)18(23(34)26(37)39-4)11-10-16-8-6-5-7-9-16/h5-9,12-13,15H,10-11,14H2,1-4H3,(H,32,36)(H,33,38). The van der Waals surface area contributed by atoms with Gasteiger partial charge in [0.1, 0.15) is 28.6 Å². The summed E-state index contributed by atoms with van der Waals surface area (Å²) < 4.78 is 52.3. The van der Waals surface area contributed by atoms with Crippen LogP contribution in [0, 0.1) is 17.5 Å². The average molecular weight is 560 g/mol. The maximum atomic E-state index is 14.1. The van der Waals surface area contributed by atoms with Gasteiger partial charge in [0.05, 0.1) is 7.11 Å². The Morgan fingerprint density at radius 3 is 2.15 bits per heavy atom. The maximum absolute atomic E-state index is 14.1. The minimum atomic E-state index is -1.23. The fourth-order valence-corrected chi connectivity index (χ4v) is 3.79. The van der Waals surface area contributed by atoms with Crippen molar-refractivity contribution in [3.63, 3.8) is 0 Å². The lowest BCUT2D eigenvalue weighted by Gasteiger charge is -2.22. The second-order valence-electron chi connectivity index (χ2n) is 9.69. The Balaban J connectivity index is 2.07. The minimum absolute atomic E-state index is 0.0361. The van der Waals surface area contributed by atoms with Crippen LogP contribution in [0.5, 0.6) is 0 Å². The zero-order valence-electron chi connectivity index (χ0n) is 22.3. The Bertz CT molecular complexity index is 1460. The van der Waals surface area contributed by atoms with Gasteiger partial charge in [-0.2, -0.15) is 0 Å². The highest BCUT2D eigenvalue weighted by Gasteiger charge is 2.27. The molecular formula is C28H28F3N3O6. The molecule has 3 rings (SSSR count). The fourth-order valence-electron chi connectivity index (χ4n) is 3.79. The monoisotopic (exact) mass is 559 g/mol. The lowest BCUT2D eigenvalue weighted by atomic mass is 10.0. The van der Waals surface area contributed by atoms with Gasteiger partial charge in [0.15, 0.2) is 11.1 Å². The molecule has 0 atom stereocenters. The van der Waals surface area contributed by atoms with Crippen LogP contribution >= 0.6 is 0 Å². The Kier molecular flexibility index (Phi) is 9.35. The molecule has 2 N–H and O–H groups in total. The van der Waals surface area contributed by atoms with E-state index < -0.39 is 64.1 Å². The molecule has 9 nitrogen and oxygen atoms in total. The molecule has 212 valence electrons. The maximum Gasteiger partial charge on any atom is 0.426 e. The van der Waals surface area contributed by atoms with Crippen molar-refractivity contribution >= 4 is 18.0 Å². The predicted octanol–water partition coefficient (Wildman–Crippen LogP) is 4.25. The summed E-state index contributed by atoms with van der Waals surface area (Å²) in [5, 5.41) is 2.22. The third kappa shape index (κ3) is 7.49. The summed E-state index contributed by atoms with van der Waals surface area (Å²) in [6, 6.07) is 9.89. The fraction of sp³-hybridized carbons (Fsp3) is 0.286. The van der Waals surface area contributed by atoms with Crippen LogP contribution in [0.1, 0.15) is 58.3 Å². The lowest BCUT2D eigenvalue weighted by Crippen LogP contribution is -2.39. The van der Waals surface area contributed by atoms with Crippen molar-refractivity contribution in [3.05, 3.63) is 104 Å². The van der Waals surface area contributed by atoms with E-state index >= 15 is 0 Å². The van der Waals surface area contributed by atoms with Crippen molar-refractivity contribution in [3.8, 4) is 0 Å². The average Bonchev–Trinajstić information content (AvgIpc) is 2.86. The Morgan fingerprint density at radius 2 is 1.57 bits per heavy atom. The number of nitrogens with zero attached hydrogens (tertiary/aromatic N) is 1. The molecule has 0 bridgehead atoms. The van der Waals surface area contributed by atoms with E-state index in [9.17, 15) is 32.3 Å². The number of hydrogen-bond acceptors (Lipinski definition) is 6. The number of halogens is 3. The second kappa shape index (κ2) is 12.5. The quantitative estimate of drug-likeness (QED) is 0.399. The van der Waals surface area contributed by atoms with E-state index in [0.29, 0.717) is 12.1 Å². The van der Waals surface area contributed by atoms with E-state index in [4.69, 9.17) is 9.47 Å². The molecule has 1 aromatic heterocycles. The summed E-state index contributed by atoms with van der Waals surface area (Å²) in [4.78, 5) is 51.9. The number of rotatable bonds is 8. The topological polar surface area (TPSA) is 116 Å². The normalized spacial score (nSPS) is 11.1. The highest BCUT2D eigenvalue weighted by molar-refractivity contribution is 5.96. The van der Waals surface area contributed by atoms with E-state index in [1.165, 1.54) is 0 Å². The van der Waals surface area contributed by atoms with Crippen LogP contribution in [0.2, 0.25) is 0 Å². The van der Waals surface area contributed by atoms with Gasteiger partial charge in [-0.1, -0.05) is 30.3 Å². The van der Waals surface area contributed by atoms with E-state index in [1.807, 2.05) is 0 Å². The van der Waals surface area contributed by atoms with Gasteiger partial charge in [-0.15, -0.1) is 0 Å². The number of carbonyl (C=O) groups excluding carboxylic acids is 3. The third-order valence-corrected chi connectivity index (χ3v) is 5.58. The molecule has 3 aromatic rings.